The summed E-state index contributed by atoms with van der Waals surface area (Å²) in [5.74, 6) is 2.58. The van der Waals surface area contributed by atoms with Crippen molar-refractivity contribution < 1.29 is 9.47 Å². The number of benzene rings is 1. The second-order valence-electron chi connectivity index (χ2n) is 7.81. The topological polar surface area (TPSA) is 61.4 Å². The second-order valence-corrected chi connectivity index (χ2v) is 7.81. The Labute approximate surface area is 176 Å². The van der Waals surface area contributed by atoms with Crippen molar-refractivity contribution in [3.05, 3.63) is 18.2 Å². The largest absolute Gasteiger partial charge is 0.497 e. The summed E-state index contributed by atoms with van der Waals surface area (Å²) in [5.41, 5.74) is 1.15. The van der Waals surface area contributed by atoms with Gasteiger partial charge in [-0.1, -0.05) is 0 Å². The van der Waals surface area contributed by atoms with Gasteiger partial charge >= 0.3 is 0 Å². The lowest BCUT2D eigenvalue weighted by atomic mass is 10.0. The second kappa shape index (κ2) is 11.8. The lowest BCUT2D eigenvalue weighted by Crippen LogP contribution is -2.49. The molecule has 0 bridgehead atoms. The van der Waals surface area contributed by atoms with E-state index in [2.05, 4.69) is 60.4 Å². The van der Waals surface area contributed by atoms with E-state index in [9.17, 15) is 0 Å². The summed E-state index contributed by atoms with van der Waals surface area (Å²) in [4.78, 5) is 9.47. The summed E-state index contributed by atoms with van der Waals surface area (Å²) in [6, 6.07) is 7.04. The first-order valence-electron chi connectivity index (χ1n) is 10.7. The molecule has 0 unspecified atom stereocenters. The van der Waals surface area contributed by atoms with E-state index in [-0.39, 0.29) is 0 Å². The summed E-state index contributed by atoms with van der Waals surface area (Å²) < 4.78 is 10.8. The molecule has 1 heterocycles. The van der Waals surface area contributed by atoms with Gasteiger partial charge in [-0.2, -0.15) is 0 Å². The van der Waals surface area contributed by atoms with Crippen LogP contribution in [0.25, 0.3) is 0 Å². The van der Waals surface area contributed by atoms with Gasteiger partial charge in [0.25, 0.3) is 0 Å². The zero-order valence-corrected chi connectivity index (χ0v) is 19.0. The Kier molecular flexibility index (Phi) is 9.38. The Morgan fingerprint density at radius 2 is 1.79 bits per heavy atom. The number of hydrogen-bond acceptors (Lipinski definition) is 5. The molecule has 0 aliphatic carbocycles. The van der Waals surface area contributed by atoms with Crippen LogP contribution in [0.5, 0.6) is 11.5 Å². The van der Waals surface area contributed by atoms with Gasteiger partial charge in [-0.05, 0) is 40.7 Å². The van der Waals surface area contributed by atoms with Crippen LogP contribution in [0.3, 0.4) is 0 Å². The highest BCUT2D eigenvalue weighted by atomic mass is 16.5. The molecule has 7 heteroatoms. The number of nitrogens with zero attached hydrogens (tertiary/aromatic N) is 3. The average Bonchev–Trinajstić information content (AvgIpc) is 2.73. The standard InChI is InChI=1S/C22H39N5O2/c1-7-23-22(24-10-13-26(4)17(2)3)25-18-8-11-27(12-9-18)19-14-20(28-5)16-21(15-19)29-6/h14-18H,7-13H2,1-6H3,(H2,23,24,25). The fourth-order valence-electron chi connectivity index (χ4n) is 3.35. The minimum absolute atomic E-state index is 0.430. The molecule has 0 spiro atoms. The summed E-state index contributed by atoms with van der Waals surface area (Å²) in [6.45, 7) is 11.1. The van der Waals surface area contributed by atoms with E-state index in [4.69, 9.17) is 14.5 Å². The number of hydrogen-bond donors (Lipinski definition) is 2. The number of guanidine groups is 1. The van der Waals surface area contributed by atoms with Crippen LogP contribution in [0.15, 0.2) is 23.2 Å². The fourth-order valence-corrected chi connectivity index (χ4v) is 3.35. The Morgan fingerprint density at radius 3 is 2.31 bits per heavy atom. The molecule has 1 aromatic rings. The highest BCUT2D eigenvalue weighted by Crippen LogP contribution is 2.30. The zero-order chi connectivity index (χ0) is 21.2. The van der Waals surface area contributed by atoms with Crippen LogP contribution in [0, 0.1) is 0 Å². The molecular weight excluding hydrogens is 366 g/mol. The van der Waals surface area contributed by atoms with E-state index in [0.29, 0.717) is 12.1 Å². The van der Waals surface area contributed by atoms with Crippen molar-refractivity contribution in [1.29, 1.82) is 0 Å². The van der Waals surface area contributed by atoms with Crippen LogP contribution in [0.4, 0.5) is 5.69 Å². The molecule has 1 fully saturated rings. The number of piperidine rings is 1. The van der Waals surface area contributed by atoms with E-state index >= 15 is 0 Å². The first-order chi connectivity index (χ1) is 14.0. The normalized spacial score (nSPS) is 15.7. The van der Waals surface area contributed by atoms with E-state index < -0.39 is 0 Å². The maximum Gasteiger partial charge on any atom is 0.191 e. The number of anilines is 1. The summed E-state index contributed by atoms with van der Waals surface area (Å²) >= 11 is 0. The van der Waals surface area contributed by atoms with Gasteiger partial charge in [-0.15, -0.1) is 0 Å². The highest BCUT2D eigenvalue weighted by molar-refractivity contribution is 5.80. The van der Waals surface area contributed by atoms with Crippen molar-refractivity contribution in [3.8, 4) is 11.5 Å². The number of methoxy groups -OCH3 is 2. The Morgan fingerprint density at radius 1 is 1.17 bits per heavy atom. The number of aliphatic imine (C=N–C) groups is 1. The molecule has 1 saturated heterocycles. The minimum Gasteiger partial charge on any atom is -0.497 e. The maximum atomic E-state index is 5.41. The van der Waals surface area contributed by atoms with Gasteiger partial charge in [0, 0.05) is 62.1 Å². The van der Waals surface area contributed by atoms with Gasteiger partial charge < -0.3 is 29.9 Å². The predicted octanol–water partition coefficient (Wildman–Crippen LogP) is 2.57. The van der Waals surface area contributed by atoms with Crippen molar-refractivity contribution in [2.45, 2.75) is 45.7 Å². The molecule has 0 saturated carbocycles. The molecule has 1 aromatic carbocycles. The molecule has 1 aliphatic heterocycles. The third-order valence-corrected chi connectivity index (χ3v) is 5.49. The Balaban J connectivity index is 1.90. The molecule has 7 nitrogen and oxygen atoms in total. The van der Waals surface area contributed by atoms with Gasteiger partial charge in [-0.25, -0.2) is 0 Å². The Bertz CT molecular complexity index is 620. The van der Waals surface area contributed by atoms with Gasteiger partial charge in [-0.3, -0.25) is 4.99 Å². The van der Waals surface area contributed by atoms with E-state index in [0.717, 1.165) is 68.7 Å². The Hall–Kier alpha value is -2.15. The summed E-state index contributed by atoms with van der Waals surface area (Å²) in [7, 11) is 5.52. The van der Waals surface area contributed by atoms with Crippen LogP contribution in [0.2, 0.25) is 0 Å². The molecule has 164 valence electrons. The van der Waals surface area contributed by atoms with Gasteiger partial charge in [0.05, 0.1) is 20.8 Å². The molecule has 0 amide bonds. The predicted molar refractivity (Wildman–Crippen MR) is 122 cm³/mol. The molecule has 29 heavy (non-hydrogen) atoms. The van der Waals surface area contributed by atoms with Crippen molar-refractivity contribution in [3.63, 3.8) is 0 Å². The van der Waals surface area contributed by atoms with Gasteiger partial charge in [0.2, 0.25) is 0 Å². The highest BCUT2D eigenvalue weighted by Gasteiger charge is 2.21. The molecule has 2 rings (SSSR count). The average molecular weight is 406 g/mol. The van der Waals surface area contributed by atoms with Crippen molar-refractivity contribution in [2.24, 2.45) is 4.99 Å². The monoisotopic (exact) mass is 405 g/mol. The fraction of sp³-hybridized carbons (Fsp3) is 0.682. The van der Waals surface area contributed by atoms with Gasteiger partial charge in [0.15, 0.2) is 5.96 Å². The number of likely N-dealkylation sites (N-methyl/N-ethyl adjacent to an activating group) is 1. The molecule has 0 radical (unpaired) electrons. The van der Waals surface area contributed by atoms with Crippen LogP contribution in [-0.2, 0) is 0 Å². The summed E-state index contributed by atoms with van der Waals surface area (Å²) in [5, 5.41) is 7.00. The van der Waals surface area contributed by atoms with Crippen LogP contribution in [-0.4, -0.2) is 76.9 Å². The van der Waals surface area contributed by atoms with E-state index in [1.807, 2.05) is 6.07 Å². The molecule has 0 aromatic heterocycles. The van der Waals surface area contributed by atoms with Crippen LogP contribution >= 0.6 is 0 Å². The first-order valence-corrected chi connectivity index (χ1v) is 10.7. The molecule has 1 aliphatic rings. The summed E-state index contributed by atoms with van der Waals surface area (Å²) in [6.07, 6.45) is 2.13. The van der Waals surface area contributed by atoms with Crippen molar-refractivity contribution in [1.82, 2.24) is 15.5 Å². The molecule has 2 N–H and O–H groups in total. The van der Waals surface area contributed by atoms with Crippen LogP contribution < -0.4 is 25.0 Å². The zero-order valence-electron chi connectivity index (χ0n) is 19.0. The van der Waals surface area contributed by atoms with Crippen molar-refractivity contribution in [2.75, 3.05) is 58.9 Å². The quantitative estimate of drug-likeness (QED) is 0.486. The molecular formula is C22H39N5O2. The van der Waals surface area contributed by atoms with E-state index in [1.54, 1.807) is 14.2 Å². The third-order valence-electron chi connectivity index (χ3n) is 5.49. The van der Waals surface area contributed by atoms with E-state index in [1.165, 1.54) is 0 Å². The smallest absolute Gasteiger partial charge is 0.191 e. The third kappa shape index (κ3) is 7.31. The molecule has 0 atom stereocenters. The van der Waals surface area contributed by atoms with Crippen LogP contribution in [0.1, 0.15) is 33.6 Å². The number of ether oxygens (including phenoxy) is 2. The lowest BCUT2D eigenvalue weighted by molar-refractivity contribution is 0.282. The lowest BCUT2D eigenvalue weighted by Gasteiger charge is -2.35. The maximum absolute atomic E-state index is 5.41. The van der Waals surface area contributed by atoms with Crippen molar-refractivity contribution >= 4 is 11.6 Å². The SMILES string of the molecule is CCNC(=NCCN(C)C(C)C)NC1CCN(c2cc(OC)cc(OC)c2)CC1. The number of nitrogens with one attached hydrogen (secondary N) is 2. The van der Waals surface area contributed by atoms with Gasteiger partial charge in [0.1, 0.15) is 11.5 Å². The first kappa shape index (κ1) is 23.1. The minimum atomic E-state index is 0.430. The number of rotatable bonds is 9.